The maximum atomic E-state index is 12.5. The molecule has 1 amide bonds. The van der Waals surface area contributed by atoms with Crippen LogP contribution < -0.4 is 10.1 Å². The first-order valence-corrected chi connectivity index (χ1v) is 11.7. The van der Waals surface area contributed by atoms with Crippen molar-refractivity contribution in [3.63, 3.8) is 0 Å². The summed E-state index contributed by atoms with van der Waals surface area (Å²) in [5.74, 6) is 1.04. The van der Waals surface area contributed by atoms with Gasteiger partial charge in [0.05, 0.1) is 32.3 Å². The number of rotatable bonds is 11. The molecule has 0 saturated carbocycles. The standard InChI is InChI=1S/C27H39N3O4/c1-20(2)17-28-30(18-22-12-14-23(33-6)15-13-22)19-25(31)24(16-21-10-8-7-9-11-21)29-26(32)34-27(3,4)5/h7-15,17,20,24-25,31H,16,18-19H2,1-6H3,(H,29,32)/b28-17-/t24-,25?/m0/s1. The quantitative estimate of drug-likeness (QED) is 0.370. The summed E-state index contributed by atoms with van der Waals surface area (Å²) in [5, 5.41) is 20.5. The molecule has 1 unspecified atom stereocenters. The number of ether oxygens (including phenoxy) is 2. The topological polar surface area (TPSA) is 83.4 Å². The number of aliphatic hydroxyl groups is 1. The molecule has 0 fully saturated rings. The Morgan fingerprint density at radius 3 is 2.29 bits per heavy atom. The highest BCUT2D eigenvalue weighted by Gasteiger charge is 2.26. The number of hydrogen-bond acceptors (Lipinski definition) is 6. The smallest absolute Gasteiger partial charge is 0.407 e. The number of nitrogens with zero attached hydrogens (tertiary/aromatic N) is 2. The molecule has 186 valence electrons. The Kier molecular flexibility index (Phi) is 10.4. The number of methoxy groups -OCH3 is 1. The molecule has 2 atom stereocenters. The van der Waals surface area contributed by atoms with Crippen molar-refractivity contribution in [2.75, 3.05) is 13.7 Å². The molecule has 2 aromatic carbocycles. The van der Waals surface area contributed by atoms with Gasteiger partial charge in [-0.25, -0.2) is 4.79 Å². The molecule has 0 bridgehead atoms. The lowest BCUT2D eigenvalue weighted by molar-refractivity contribution is 0.0360. The Labute approximate surface area is 203 Å². The summed E-state index contributed by atoms with van der Waals surface area (Å²) in [4.78, 5) is 12.5. The third-order valence-corrected chi connectivity index (χ3v) is 4.92. The van der Waals surface area contributed by atoms with E-state index < -0.39 is 23.8 Å². The number of alkyl carbamates (subject to hydrolysis) is 1. The van der Waals surface area contributed by atoms with Gasteiger partial charge < -0.3 is 19.9 Å². The largest absolute Gasteiger partial charge is 0.497 e. The number of nitrogens with one attached hydrogen (secondary N) is 1. The molecule has 0 spiro atoms. The second-order valence-electron chi connectivity index (χ2n) is 9.71. The van der Waals surface area contributed by atoms with Gasteiger partial charge in [-0.15, -0.1) is 0 Å². The number of aliphatic hydroxyl groups excluding tert-OH is 1. The summed E-state index contributed by atoms with van der Waals surface area (Å²) in [6, 6.07) is 17.0. The Balaban J connectivity index is 2.19. The molecule has 0 radical (unpaired) electrons. The lowest BCUT2D eigenvalue weighted by atomic mass is 10.0. The molecule has 34 heavy (non-hydrogen) atoms. The Bertz CT molecular complexity index is 892. The highest BCUT2D eigenvalue weighted by Crippen LogP contribution is 2.15. The van der Waals surface area contributed by atoms with Crippen molar-refractivity contribution in [2.45, 2.75) is 65.3 Å². The monoisotopic (exact) mass is 469 g/mol. The Morgan fingerprint density at radius 1 is 1.09 bits per heavy atom. The first-order valence-electron chi connectivity index (χ1n) is 11.7. The van der Waals surface area contributed by atoms with Crippen LogP contribution in [-0.2, 0) is 17.7 Å². The molecule has 7 nitrogen and oxygen atoms in total. The van der Waals surface area contributed by atoms with Gasteiger partial charge in [-0.2, -0.15) is 5.10 Å². The molecule has 2 N–H and O–H groups in total. The lowest BCUT2D eigenvalue weighted by Crippen LogP contribution is -2.50. The van der Waals surface area contributed by atoms with Crippen molar-refractivity contribution in [1.29, 1.82) is 0 Å². The average molecular weight is 470 g/mol. The molecule has 0 aliphatic heterocycles. The van der Waals surface area contributed by atoms with Crippen LogP contribution >= 0.6 is 0 Å². The van der Waals surface area contributed by atoms with Gasteiger partial charge in [-0.3, -0.25) is 5.01 Å². The van der Waals surface area contributed by atoms with E-state index in [0.29, 0.717) is 13.0 Å². The number of benzene rings is 2. The van der Waals surface area contributed by atoms with E-state index in [4.69, 9.17) is 9.47 Å². The summed E-state index contributed by atoms with van der Waals surface area (Å²) < 4.78 is 10.7. The number of hydrogen-bond donors (Lipinski definition) is 2. The van der Waals surface area contributed by atoms with E-state index in [1.165, 1.54) is 0 Å². The van der Waals surface area contributed by atoms with Crippen LogP contribution in [-0.4, -0.2) is 53.8 Å². The lowest BCUT2D eigenvalue weighted by Gasteiger charge is -2.30. The minimum Gasteiger partial charge on any atom is -0.497 e. The van der Waals surface area contributed by atoms with Crippen molar-refractivity contribution in [1.82, 2.24) is 10.3 Å². The predicted octanol–water partition coefficient (Wildman–Crippen LogP) is 4.64. The van der Waals surface area contributed by atoms with Crippen LogP contribution in [0.2, 0.25) is 0 Å². The first-order chi connectivity index (χ1) is 16.1. The van der Waals surface area contributed by atoms with Gasteiger partial charge in [-0.1, -0.05) is 56.3 Å². The normalized spacial score (nSPS) is 13.5. The maximum absolute atomic E-state index is 12.5. The van der Waals surface area contributed by atoms with E-state index in [9.17, 15) is 9.90 Å². The van der Waals surface area contributed by atoms with Gasteiger partial charge in [0.2, 0.25) is 0 Å². The zero-order valence-corrected chi connectivity index (χ0v) is 21.2. The molecule has 0 saturated heterocycles. The van der Waals surface area contributed by atoms with Crippen LogP contribution in [0.15, 0.2) is 59.7 Å². The fourth-order valence-electron chi connectivity index (χ4n) is 3.28. The van der Waals surface area contributed by atoms with Crippen LogP contribution in [0.5, 0.6) is 5.75 Å². The second-order valence-corrected chi connectivity index (χ2v) is 9.71. The molecule has 7 heteroatoms. The number of hydrazone groups is 1. The van der Waals surface area contributed by atoms with E-state index >= 15 is 0 Å². The van der Waals surface area contributed by atoms with E-state index in [1.54, 1.807) is 7.11 Å². The van der Waals surface area contributed by atoms with E-state index in [-0.39, 0.29) is 12.5 Å². The summed E-state index contributed by atoms with van der Waals surface area (Å²) >= 11 is 0. The average Bonchev–Trinajstić information content (AvgIpc) is 2.77. The summed E-state index contributed by atoms with van der Waals surface area (Å²) in [6.45, 7) is 10.3. The van der Waals surface area contributed by atoms with Gasteiger partial charge >= 0.3 is 6.09 Å². The molecule has 0 aromatic heterocycles. The van der Waals surface area contributed by atoms with Crippen molar-refractivity contribution >= 4 is 12.3 Å². The first kappa shape index (κ1) is 27.2. The maximum Gasteiger partial charge on any atom is 0.407 e. The van der Waals surface area contributed by atoms with Crippen LogP contribution in [0.4, 0.5) is 4.79 Å². The molecule has 2 aromatic rings. The van der Waals surface area contributed by atoms with Crippen molar-refractivity contribution < 1.29 is 19.4 Å². The fourth-order valence-corrected chi connectivity index (χ4v) is 3.28. The molecular weight excluding hydrogens is 430 g/mol. The van der Waals surface area contributed by atoms with Gasteiger partial charge in [0.25, 0.3) is 0 Å². The van der Waals surface area contributed by atoms with Crippen molar-refractivity contribution in [3.8, 4) is 5.75 Å². The second kappa shape index (κ2) is 13.0. The summed E-state index contributed by atoms with van der Waals surface area (Å²) in [6.07, 6.45) is 0.880. The zero-order valence-electron chi connectivity index (χ0n) is 21.2. The van der Waals surface area contributed by atoms with E-state index in [0.717, 1.165) is 16.9 Å². The highest BCUT2D eigenvalue weighted by atomic mass is 16.6. The molecule has 2 rings (SSSR count). The highest BCUT2D eigenvalue weighted by molar-refractivity contribution is 5.68. The van der Waals surface area contributed by atoms with Crippen LogP contribution in [0.3, 0.4) is 0 Å². The van der Waals surface area contributed by atoms with Crippen LogP contribution in [0, 0.1) is 5.92 Å². The molecule has 0 aliphatic rings. The van der Waals surface area contributed by atoms with E-state index in [1.807, 2.05) is 100 Å². The van der Waals surface area contributed by atoms with E-state index in [2.05, 4.69) is 10.4 Å². The van der Waals surface area contributed by atoms with Gasteiger partial charge in [0.1, 0.15) is 11.4 Å². The molecule has 0 heterocycles. The van der Waals surface area contributed by atoms with Crippen LogP contribution in [0.1, 0.15) is 45.7 Å². The molecule has 0 aliphatic carbocycles. The molecular formula is C27H39N3O4. The number of carbonyl (C=O) groups excluding carboxylic acids is 1. The number of amides is 1. The minimum atomic E-state index is -0.879. The summed E-state index contributed by atoms with van der Waals surface area (Å²) in [5.41, 5.74) is 1.41. The Hall–Kier alpha value is -3.06. The SMILES string of the molecule is COc1ccc(CN(CC(O)[C@H](Cc2ccccc2)NC(=O)OC(C)(C)C)/N=C\C(C)C)cc1. The van der Waals surface area contributed by atoms with Gasteiger partial charge in [0, 0.05) is 6.21 Å². The Morgan fingerprint density at radius 2 is 1.74 bits per heavy atom. The van der Waals surface area contributed by atoms with Crippen molar-refractivity contribution in [2.24, 2.45) is 11.0 Å². The van der Waals surface area contributed by atoms with Crippen molar-refractivity contribution in [3.05, 3.63) is 65.7 Å². The fraction of sp³-hybridized carbons (Fsp3) is 0.481. The van der Waals surface area contributed by atoms with Gasteiger partial charge in [0.15, 0.2) is 0 Å². The number of carbonyl (C=O) groups is 1. The summed E-state index contributed by atoms with van der Waals surface area (Å²) in [7, 11) is 1.63. The third-order valence-electron chi connectivity index (χ3n) is 4.92. The zero-order chi connectivity index (χ0) is 25.1. The minimum absolute atomic E-state index is 0.239. The third kappa shape index (κ3) is 10.3. The van der Waals surface area contributed by atoms with Crippen LogP contribution in [0.25, 0.3) is 0 Å². The predicted molar refractivity (Wildman–Crippen MR) is 136 cm³/mol. The van der Waals surface area contributed by atoms with Gasteiger partial charge in [-0.05, 0) is 56.4 Å².